The summed E-state index contributed by atoms with van der Waals surface area (Å²) in [5, 5.41) is 6.03. The van der Waals surface area contributed by atoms with Gasteiger partial charge in [0.1, 0.15) is 16.5 Å². The van der Waals surface area contributed by atoms with Gasteiger partial charge in [0.05, 0.1) is 24.1 Å². The molecule has 4 heterocycles. The molecule has 0 aliphatic rings. The Hall–Kier alpha value is -3.20. The van der Waals surface area contributed by atoms with E-state index in [1.54, 1.807) is 23.9 Å². The van der Waals surface area contributed by atoms with Crippen molar-refractivity contribution in [3.63, 3.8) is 0 Å². The largest absolute Gasteiger partial charge is 0.352 e. The molecule has 0 aliphatic heterocycles. The summed E-state index contributed by atoms with van der Waals surface area (Å²) in [4.78, 5) is 28.0. The predicted octanol–water partition coefficient (Wildman–Crippen LogP) is 3.01. The van der Waals surface area contributed by atoms with Crippen molar-refractivity contribution < 1.29 is 4.79 Å². The second-order valence-electron chi connectivity index (χ2n) is 7.07. The Morgan fingerprint density at radius 2 is 2.20 bits per heavy atom. The van der Waals surface area contributed by atoms with Gasteiger partial charge in [0, 0.05) is 50.3 Å². The Morgan fingerprint density at radius 1 is 1.30 bits per heavy atom. The number of imidazole rings is 2. The molecular formula is C21H25N7OS. The Labute approximate surface area is 179 Å². The van der Waals surface area contributed by atoms with Crippen LogP contribution in [0.3, 0.4) is 0 Å². The summed E-state index contributed by atoms with van der Waals surface area (Å²) in [6, 6.07) is 3.73. The van der Waals surface area contributed by atoms with Crippen LogP contribution in [-0.2, 0) is 19.5 Å². The standard InChI is InChI=1S/C21H25N7OS/c1-3-17-21(26(2)14-19-23-9-12-30-19)28-13-16(5-6-18(28)25-17)20(29)24-7-4-10-27-11-8-22-15-27/h5-6,8-9,11-13,15H,3-4,7,10,14H2,1-2H3,(H,24,29). The van der Waals surface area contributed by atoms with Gasteiger partial charge in [-0.3, -0.25) is 9.20 Å². The van der Waals surface area contributed by atoms with E-state index < -0.39 is 0 Å². The first-order valence-corrected chi connectivity index (χ1v) is 10.9. The number of carbonyl (C=O) groups excluding carboxylic acids is 1. The second-order valence-corrected chi connectivity index (χ2v) is 8.05. The maximum atomic E-state index is 12.7. The normalized spacial score (nSPS) is 11.1. The zero-order valence-electron chi connectivity index (χ0n) is 17.2. The topological polar surface area (TPSA) is 80.3 Å². The van der Waals surface area contributed by atoms with Crippen molar-refractivity contribution in [2.24, 2.45) is 0 Å². The van der Waals surface area contributed by atoms with Crippen LogP contribution in [0.4, 0.5) is 5.82 Å². The number of thiazole rings is 1. The quantitative estimate of drug-likeness (QED) is 0.419. The van der Waals surface area contributed by atoms with Crippen LogP contribution in [0.5, 0.6) is 0 Å². The lowest BCUT2D eigenvalue weighted by atomic mass is 10.2. The van der Waals surface area contributed by atoms with Gasteiger partial charge < -0.3 is 14.8 Å². The molecule has 1 amide bonds. The molecule has 30 heavy (non-hydrogen) atoms. The van der Waals surface area contributed by atoms with Gasteiger partial charge in [-0.1, -0.05) is 6.92 Å². The summed E-state index contributed by atoms with van der Waals surface area (Å²) in [5.41, 5.74) is 2.46. The molecule has 9 heteroatoms. The van der Waals surface area contributed by atoms with E-state index in [1.165, 1.54) is 0 Å². The van der Waals surface area contributed by atoms with Crippen LogP contribution in [0.15, 0.2) is 48.6 Å². The molecule has 0 unspecified atom stereocenters. The van der Waals surface area contributed by atoms with E-state index in [0.717, 1.165) is 41.6 Å². The van der Waals surface area contributed by atoms with Crippen molar-refractivity contribution in [1.82, 2.24) is 29.2 Å². The van der Waals surface area contributed by atoms with Gasteiger partial charge in [-0.15, -0.1) is 11.3 Å². The third-order valence-electron chi connectivity index (χ3n) is 4.92. The Bertz CT molecular complexity index is 1100. The molecule has 0 spiro atoms. The van der Waals surface area contributed by atoms with Gasteiger partial charge >= 0.3 is 0 Å². The average molecular weight is 424 g/mol. The summed E-state index contributed by atoms with van der Waals surface area (Å²) in [5.74, 6) is 0.917. The summed E-state index contributed by atoms with van der Waals surface area (Å²) in [6.07, 6.45) is 10.8. The fourth-order valence-corrected chi connectivity index (χ4v) is 4.12. The minimum atomic E-state index is -0.0807. The highest BCUT2D eigenvalue weighted by atomic mass is 32.1. The van der Waals surface area contributed by atoms with Crippen LogP contribution in [0.25, 0.3) is 5.65 Å². The lowest BCUT2D eigenvalue weighted by molar-refractivity contribution is 0.0952. The maximum absolute atomic E-state index is 12.7. The fraction of sp³-hybridized carbons (Fsp3) is 0.333. The molecule has 4 rings (SSSR count). The van der Waals surface area contributed by atoms with Crippen molar-refractivity contribution in [3.8, 4) is 0 Å². The van der Waals surface area contributed by atoms with Crippen LogP contribution in [-0.4, -0.2) is 43.4 Å². The van der Waals surface area contributed by atoms with Gasteiger partial charge in [0.15, 0.2) is 0 Å². The van der Waals surface area contributed by atoms with E-state index in [0.29, 0.717) is 18.7 Å². The number of amides is 1. The SMILES string of the molecule is CCc1nc2ccc(C(=O)NCCCn3ccnc3)cn2c1N(C)Cc1nccs1. The minimum Gasteiger partial charge on any atom is -0.352 e. The third kappa shape index (κ3) is 4.35. The van der Waals surface area contributed by atoms with E-state index in [9.17, 15) is 4.79 Å². The zero-order valence-corrected chi connectivity index (χ0v) is 18.0. The lowest BCUT2D eigenvalue weighted by Crippen LogP contribution is -2.25. The molecule has 0 aromatic carbocycles. The van der Waals surface area contributed by atoms with Gasteiger partial charge in [0.25, 0.3) is 5.91 Å². The number of fused-ring (bicyclic) bond motifs is 1. The molecule has 0 bridgehead atoms. The Balaban J connectivity index is 1.49. The highest BCUT2D eigenvalue weighted by Gasteiger charge is 2.17. The molecule has 0 radical (unpaired) electrons. The first kappa shape index (κ1) is 20.1. The minimum absolute atomic E-state index is 0.0807. The molecule has 4 aromatic heterocycles. The molecule has 0 fully saturated rings. The van der Waals surface area contributed by atoms with Gasteiger partial charge in [-0.2, -0.15) is 0 Å². The summed E-state index contributed by atoms with van der Waals surface area (Å²) in [6.45, 7) is 4.22. The number of anilines is 1. The average Bonchev–Trinajstić information content (AvgIpc) is 3.50. The first-order valence-electron chi connectivity index (χ1n) is 10.00. The maximum Gasteiger partial charge on any atom is 0.252 e. The van der Waals surface area contributed by atoms with Crippen LogP contribution >= 0.6 is 11.3 Å². The van der Waals surface area contributed by atoms with Crippen LogP contribution < -0.4 is 10.2 Å². The number of hydrogen-bond donors (Lipinski definition) is 1. The van der Waals surface area contributed by atoms with E-state index >= 15 is 0 Å². The number of nitrogens with one attached hydrogen (secondary N) is 1. The van der Waals surface area contributed by atoms with Crippen molar-refractivity contribution in [2.45, 2.75) is 32.9 Å². The molecule has 0 atom stereocenters. The third-order valence-corrected chi connectivity index (χ3v) is 5.68. The number of rotatable bonds is 9. The summed E-state index contributed by atoms with van der Waals surface area (Å²) < 4.78 is 4.01. The Kier molecular flexibility index (Phi) is 6.08. The lowest BCUT2D eigenvalue weighted by Gasteiger charge is -2.19. The molecular weight excluding hydrogens is 398 g/mol. The summed E-state index contributed by atoms with van der Waals surface area (Å²) in [7, 11) is 2.03. The van der Waals surface area contributed by atoms with Crippen molar-refractivity contribution in [1.29, 1.82) is 0 Å². The van der Waals surface area contributed by atoms with Crippen molar-refractivity contribution in [2.75, 3.05) is 18.5 Å². The monoisotopic (exact) mass is 423 g/mol. The van der Waals surface area contributed by atoms with E-state index in [2.05, 4.69) is 27.1 Å². The van der Waals surface area contributed by atoms with Crippen LogP contribution in [0.2, 0.25) is 0 Å². The molecule has 0 saturated heterocycles. The number of aromatic nitrogens is 5. The van der Waals surface area contributed by atoms with Crippen LogP contribution in [0.1, 0.15) is 34.4 Å². The molecule has 156 valence electrons. The first-order chi connectivity index (χ1) is 14.7. The molecule has 8 nitrogen and oxygen atoms in total. The molecule has 0 aliphatic carbocycles. The van der Waals surface area contributed by atoms with E-state index in [-0.39, 0.29) is 5.91 Å². The highest BCUT2D eigenvalue weighted by molar-refractivity contribution is 7.09. The molecule has 4 aromatic rings. The van der Waals surface area contributed by atoms with Gasteiger partial charge in [-0.05, 0) is 25.0 Å². The number of pyridine rings is 1. The Morgan fingerprint density at radius 3 is 2.93 bits per heavy atom. The molecule has 0 saturated carbocycles. The highest BCUT2D eigenvalue weighted by Crippen LogP contribution is 2.25. The summed E-state index contributed by atoms with van der Waals surface area (Å²) >= 11 is 1.63. The van der Waals surface area contributed by atoms with Gasteiger partial charge in [0.2, 0.25) is 0 Å². The smallest absolute Gasteiger partial charge is 0.252 e. The number of hydrogen-bond acceptors (Lipinski definition) is 6. The number of aryl methyl sites for hydroxylation is 2. The number of nitrogens with zero attached hydrogens (tertiary/aromatic N) is 6. The number of carbonyl (C=O) groups is 1. The van der Waals surface area contributed by atoms with Crippen molar-refractivity contribution in [3.05, 3.63) is 64.9 Å². The van der Waals surface area contributed by atoms with E-state index in [4.69, 9.17) is 4.98 Å². The van der Waals surface area contributed by atoms with Crippen LogP contribution in [0, 0.1) is 0 Å². The fourth-order valence-electron chi connectivity index (χ4n) is 3.45. The van der Waals surface area contributed by atoms with Gasteiger partial charge in [-0.25, -0.2) is 15.0 Å². The van der Waals surface area contributed by atoms with E-state index in [1.807, 2.05) is 52.1 Å². The molecule has 1 N–H and O–H groups in total. The zero-order chi connectivity index (χ0) is 20.9. The van der Waals surface area contributed by atoms with Crippen molar-refractivity contribution >= 4 is 28.7 Å². The second kappa shape index (κ2) is 9.08. The predicted molar refractivity (Wildman–Crippen MR) is 118 cm³/mol.